The van der Waals surface area contributed by atoms with E-state index >= 15 is 0 Å². The molecular weight excluding hydrogens is 236 g/mol. The van der Waals surface area contributed by atoms with E-state index in [0.29, 0.717) is 11.6 Å². The second-order valence-electron chi connectivity index (χ2n) is 4.31. The molecule has 1 amide bonds. The smallest absolute Gasteiger partial charge is 0.226 e. The fraction of sp³-hybridized carbons (Fsp3) is 0.462. The van der Waals surface area contributed by atoms with E-state index in [1.54, 1.807) is 11.9 Å². The van der Waals surface area contributed by atoms with Gasteiger partial charge >= 0.3 is 0 Å². The average Bonchev–Trinajstić information content (AvgIpc) is 2.36. The topological polar surface area (TPSA) is 46.3 Å². The van der Waals surface area contributed by atoms with Crippen LogP contribution in [-0.4, -0.2) is 24.4 Å². The Labute approximate surface area is 108 Å². The van der Waals surface area contributed by atoms with Crippen LogP contribution in [0.5, 0.6) is 0 Å². The highest BCUT2D eigenvalue weighted by Gasteiger charge is 2.21. The van der Waals surface area contributed by atoms with Gasteiger partial charge in [-0.05, 0) is 24.6 Å². The van der Waals surface area contributed by atoms with Gasteiger partial charge in [-0.1, -0.05) is 30.7 Å². The predicted octanol–water partition coefficient (Wildman–Crippen LogP) is 2.45. The van der Waals surface area contributed by atoms with Crippen molar-refractivity contribution in [3.8, 4) is 0 Å². The van der Waals surface area contributed by atoms with Gasteiger partial charge in [-0.3, -0.25) is 4.79 Å². The maximum absolute atomic E-state index is 12.0. The Hall–Kier alpha value is -1.06. The molecule has 0 heterocycles. The molecule has 0 aliphatic heterocycles. The van der Waals surface area contributed by atoms with Gasteiger partial charge in [-0.15, -0.1) is 0 Å². The van der Waals surface area contributed by atoms with Crippen LogP contribution in [0.3, 0.4) is 0 Å². The highest BCUT2D eigenvalue weighted by Crippen LogP contribution is 2.21. The number of hydrogen-bond acceptors (Lipinski definition) is 2. The summed E-state index contributed by atoms with van der Waals surface area (Å²) >= 11 is 5.83. The maximum atomic E-state index is 12.0. The van der Waals surface area contributed by atoms with E-state index < -0.39 is 0 Å². The van der Waals surface area contributed by atoms with Gasteiger partial charge in [0, 0.05) is 24.5 Å². The zero-order valence-corrected chi connectivity index (χ0v) is 11.2. The Kier molecular flexibility index (Phi) is 4.97. The number of rotatable bonds is 4. The lowest BCUT2D eigenvalue weighted by Gasteiger charge is -2.27. The number of amides is 1. The number of nitrogens with two attached hydrogens (primary N) is 1. The lowest BCUT2D eigenvalue weighted by atomic mass is 10.1. The van der Waals surface area contributed by atoms with Crippen molar-refractivity contribution in [2.75, 3.05) is 13.6 Å². The summed E-state index contributed by atoms with van der Waals surface area (Å²) in [5, 5.41) is 0.699. The Morgan fingerprint density at radius 3 is 2.35 bits per heavy atom. The van der Waals surface area contributed by atoms with Crippen molar-refractivity contribution >= 4 is 17.5 Å². The van der Waals surface area contributed by atoms with Crippen molar-refractivity contribution in [2.24, 2.45) is 11.7 Å². The van der Waals surface area contributed by atoms with Crippen LogP contribution in [0.4, 0.5) is 0 Å². The molecule has 0 saturated carbocycles. The summed E-state index contributed by atoms with van der Waals surface area (Å²) in [6.07, 6.45) is 0. The van der Waals surface area contributed by atoms with E-state index in [2.05, 4.69) is 0 Å². The van der Waals surface area contributed by atoms with Crippen LogP contribution in [-0.2, 0) is 4.79 Å². The van der Waals surface area contributed by atoms with Crippen LogP contribution in [0.15, 0.2) is 24.3 Å². The third-order valence-corrected chi connectivity index (χ3v) is 3.31. The molecule has 0 aliphatic carbocycles. The van der Waals surface area contributed by atoms with Crippen LogP contribution in [0.1, 0.15) is 25.5 Å². The molecule has 0 bridgehead atoms. The van der Waals surface area contributed by atoms with E-state index in [0.717, 1.165) is 5.56 Å². The first kappa shape index (κ1) is 14.0. The largest absolute Gasteiger partial charge is 0.339 e. The van der Waals surface area contributed by atoms with Crippen molar-refractivity contribution in [2.45, 2.75) is 19.9 Å². The molecule has 0 aliphatic rings. The molecular formula is C13H19ClN2O. The summed E-state index contributed by atoms with van der Waals surface area (Å²) in [6, 6.07) is 7.55. The Morgan fingerprint density at radius 2 is 1.88 bits per heavy atom. The summed E-state index contributed by atoms with van der Waals surface area (Å²) < 4.78 is 0. The molecule has 2 atom stereocenters. The van der Waals surface area contributed by atoms with Crippen molar-refractivity contribution in [3.63, 3.8) is 0 Å². The SMILES string of the molecule is CC(CN)C(=O)N(C)C(C)c1ccc(Cl)cc1. The maximum Gasteiger partial charge on any atom is 0.226 e. The first-order valence-electron chi connectivity index (χ1n) is 5.69. The second kappa shape index (κ2) is 6.03. The lowest BCUT2D eigenvalue weighted by Crippen LogP contribution is -2.36. The van der Waals surface area contributed by atoms with Gasteiger partial charge in [0.2, 0.25) is 5.91 Å². The molecule has 0 spiro atoms. The van der Waals surface area contributed by atoms with Crippen molar-refractivity contribution in [3.05, 3.63) is 34.9 Å². The molecule has 17 heavy (non-hydrogen) atoms. The molecule has 2 N–H and O–H groups in total. The zero-order valence-electron chi connectivity index (χ0n) is 10.5. The second-order valence-corrected chi connectivity index (χ2v) is 4.75. The fourth-order valence-electron chi connectivity index (χ4n) is 1.60. The number of hydrogen-bond donors (Lipinski definition) is 1. The first-order chi connectivity index (χ1) is 7.97. The van der Waals surface area contributed by atoms with E-state index in [-0.39, 0.29) is 17.9 Å². The number of nitrogens with zero attached hydrogens (tertiary/aromatic N) is 1. The highest BCUT2D eigenvalue weighted by molar-refractivity contribution is 6.30. The Balaban J connectivity index is 2.79. The lowest BCUT2D eigenvalue weighted by molar-refractivity contribution is -0.135. The van der Waals surface area contributed by atoms with Gasteiger partial charge in [0.1, 0.15) is 0 Å². The molecule has 94 valence electrons. The van der Waals surface area contributed by atoms with Gasteiger partial charge in [0.05, 0.1) is 6.04 Å². The third-order valence-electron chi connectivity index (χ3n) is 3.06. The quantitative estimate of drug-likeness (QED) is 0.897. The molecule has 0 fully saturated rings. The summed E-state index contributed by atoms with van der Waals surface area (Å²) in [5.74, 6) is -0.0790. The summed E-state index contributed by atoms with van der Waals surface area (Å²) in [6.45, 7) is 4.20. The summed E-state index contributed by atoms with van der Waals surface area (Å²) in [5.41, 5.74) is 6.57. The number of halogens is 1. The highest BCUT2D eigenvalue weighted by atomic mass is 35.5. The minimum Gasteiger partial charge on any atom is -0.339 e. The van der Waals surface area contributed by atoms with Gasteiger partial charge in [0.25, 0.3) is 0 Å². The first-order valence-corrected chi connectivity index (χ1v) is 6.07. The molecule has 1 aromatic rings. The molecule has 0 aromatic heterocycles. The van der Waals surface area contributed by atoms with Gasteiger partial charge < -0.3 is 10.6 Å². The molecule has 3 nitrogen and oxygen atoms in total. The predicted molar refractivity (Wildman–Crippen MR) is 70.9 cm³/mol. The van der Waals surface area contributed by atoms with Crippen molar-refractivity contribution in [1.29, 1.82) is 0 Å². The van der Waals surface area contributed by atoms with E-state index in [9.17, 15) is 4.79 Å². The molecule has 4 heteroatoms. The summed E-state index contributed by atoms with van der Waals surface area (Å²) in [7, 11) is 1.80. The van der Waals surface area contributed by atoms with Crippen molar-refractivity contribution in [1.82, 2.24) is 4.90 Å². The summed E-state index contributed by atoms with van der Waals surface area (Å²) in [4.78, 5) is 13.7. The van der Waals surface area contributed by atoms with Crippen molar-refractivity contribution < 1.29 is 4.79 Å². The molecule has 1 rings (SSSR count). The average molecular weight is 255 g/mol. The molecule has 2 unspecified atom stereocenters. The van der Waals surface area contributed by atoms with Crippen LogP contribution >= 0.6 is 11.6 Å². The van der Waals surface area contributed by atoms with Crippen LogP contribution in [0, 0.1) is 5.92 Å². The Morgan fingerprint density at radius 1 is 1.35 bits per heavy atom. The standard InChI is InChI=1S/C13H19ClN2O/c1-9(8-15)13(17)16(3)10(2)11-4-6-12(14)7-5-11/h4-7,9-10H,8,15H2,1-3H3. The third kappa shape index (κ3) is 3.45. The van der Waals surface area contributed by atoms with Gasteiger partial charge in [-0.2, -0.15) is 0 Å². The van der Waals surface area contributed by atoms with Gasteiger partial charge in [-0.25, -0.2) is 0 Å². The molecule has 0 saturated heterocycles. The van der Waals surface area contributed by atoms with E-state index in [1.807, 2.05) is 38.1 Å². The van der Waals surface area contributed by atoms with Crippen LogP contribution in [0.2, 0.25) is 5.02 Å². The number of carbonyl (C=O) groups excluding carboxylic acids is 1. The van der Waals surface area contributed by atoms with Gasteiger partial charge in [0.15, 0.2) is 0 Å². The molecule has 0 radical (unpaired) electrons. The number of benzene rings is 1. The minimum atomic E-state index is -0.144. The zero-order chi connectivity index (χ0) is 13.0. The monoisotopic (exact) mass is 254 g/mol. The fourth-order valence-corrected chi connectivity index (χ4v) is 1.73. The normalized spacial score (nSPS) is 14.2. The van der Waals surface area contributed by atoms with E-state index in [1.165, 1.54) is 0 Å². The minimum absolute atomic E-state index is 0.0220. The van der Waals surface area contributed by atoms with Crippen LogP contribution in [0.25, 0.3) is 0 Å². The van der Waals surface area contributed by atoms with E-state index in [4.69, 9.17) is 17.3 Å². The van der Waals surface area contributed by atoms with Crippen LogP contribution < -0.4 is 5.73 Å². The Bertz CT molecular complexity index is 378. The number of carbonyl (C=O) groups is 1. The molecule has 1 aromatic carbocycles.